The molecule has 1 fully saturated rings. The monoisotopic (exact) mass is 548 g/mol. The predicted octanol–water partition coefficient (Wildman–Crippen LogP) is 6.35. The molecule has 1 aliphatic rings. The molecule has 1 amide bonds. The number of carbonyl (C=O) groups excluding carboxylic acids is 2. The van der Waals surface area contributed by atoms with Crippen molar-refractivity contribution in [1.82, 2.24) is 0 Å². The van der Waals surface area contributed by atoms with Gasteiger partial charge in [0.1, 0.15) is 17.3 Å². The Kier molecular flexibility index (Phi) is 7.66. The average molecular weight is 549 g/mol. The number of benzene rings is 3. The first-order chi connectivity index (χ1) is 18.4. The van der Waals surface area contributed by atoms with E-state index in [1.165, 1.54) is 19.1 Å². The highest BCUT2D eigenvalue weighted by atomic mass is 35.5. The fraction of sp³-hybridized carbons (Fsp3) is 0.290. The molecule has 1 N–H and O–H groups in total. The number of halogens is 1. The van der Waals surface area contributed by atoms with E-state index in [-0.39, 0.29) is 21.8 Å². The van der Waals surface area contributed by atoms with Crippen molar-refractivity contribution >= 4 is 40.4 Å². The largest absolute Gasteiger partial charge is 0.507 e. The second kappa shape index (κ2) is 10.7. The number of ether oxygens (including phenoxy) is 2. The van der Waals surface area contributed by atoms with E-state index in [0.717, 1.165) is 11.3 Å². The quantitative estimate of drug-likeness (QED) is 0.220. The summed E-state index contributed by atoms with van der Waals surface area (Å²) in [7, 11) is 6.85. The summed E-state index contributed by atoms with van der Waals surface area (Å²) in [6.45, 7) is 6.16. The van der Waals surface area contributed by atoms with Gasteiger partial charge in [-0.1, -0.05) is 50.6 Å². The summed E-state index contributed by atoms with van der Waals surface area (Å²) in [5.41, 5.74) is 3.02. The Morgan fingerprint density at radius 3 is 2.08 bits per heavy atom. The van der Waals surface area contributed by atoms with E-state index < -0.39 is 17.7 Å². The van der Waals surface area contributed by atoms with Crippen LogP contribution < -0.4 is 19.3 Å². The van der Waals surface area contributed by atoms with Crippen molar-refractivity contribution in [1.29, 1.82) is 0 Å². The van der Waals surface area contributed by atoms with E-state index in [0.29, 0.717) is 28.3 Å². The first kappa shape index (κ1) is 28.0. The molecule has 0 saturated carbocycles. The summed E-state index contributed by atoms with van der Waals surface area (Å²) in [6.07, 6.45) is 0. The van der Waals surface area contributed by atoms with Gasteiger partial charge < -0.3 is 19.5 Å². The van der Waals surface area contributed by atoms with Crippen molar-refractivity contribution in [2.75, 3.05) is 38.1 Å². The predicted molar refractivity (Wildman–Crippen MR) is 155 cm³/mol. The molecule has 7 nitrogen and oxygen atoms in total. The number of carbonyl (C=O) groups is 2. The molecule has 1 heterocycles. The Morgan fingerprint density at radius 1 is 0.923 bits per heavy atom. The lowest BCUT2D eigenvalue weighted by Crippen LogP contribution is -2.29. The molecule has 0 radical (unpaired) electrons. The number of rotatable bonds is 6. The van der Waals surface area contributed by atoms with Gasteiger partial charge in [-0.15, -0.1) is 0 Å². The smallest absolute Gasteiger partial charge is 0.300 e. The molecule has 3 aromatic rings. The maximum atomic E-state index is 13.6. The van der Waals surface area contributed by atoms with E-state index >= 15 is 0 Å². The van der Waals surface area contributed by atoms with E-state index in [1.54, 1.807) is 30.3 Å². The molecule has 0 bridgehead atoms. The lowest BCUT2D eigenvalue weighted by atomic mass is 9.85. The summed E-state index contributed by atoms with van der Waals surface area (Å²) in [5.74, 6) is -1.05. The van der Waals surface area contributed by atoms with Crippen LogP contribution in [0.2, 0.25) is 5.02 Å². The molecule has 0 aliphatic carbocycles. The van der Waals surface area contributed by atoms with Gasteiger partial charge in [-0.3, -0.25) is 14.5 Å². The van der Waals surface area contributed by atoms with Crippen molar-refractivity contribution in [2.45, 2.75) is 32.2 Å². The summed E-state index contributed by atoms with van der Waals surface area (Å²) >= 11 is 6.40. The number of hydrogen-bond acceptors (Lipinski definition) is 6. The zero-order valence-electron chi connectivity index (χ0n) is 23.2. The minimum absolute atomic E-state index is 0.0334. The van der Waals surface area contributed by atoms with Gasteiger partial charge in [0, 0.05) is 25.5 Å². The third-order valence-corrected chi connectivity index (χ3v) is 7.20. The zero-order valence-corrected chi connectivity index (χ0v) is 24.0. The fourth-order valence-corrected chi connectivity index (χ4v) is 4.93. The maximum Gasteiger partial charge on any atom is 0.300 e. The Labute approximate surface area is 234 Å². The molecule has 1 saturated heterocycles. The highest BCUT2D eigenvalue weighted by molar-refractivity contribution is 6.52. The normalized spacial score (nSPS) is 16.9. The summed E-state index contributed by atoms with van der Waals surface area (Å²) in [4.78, 5) is 30.5. The zero-order chi connectivity index (χ0) is 28.6. The first-order valence-corrected chi connectivity index (χ1v) is 12.9. The van der Waals surface area contributed by atoms with Crippen LogP contribution in [-0.2, 0) is 15.0 Å². The third kappa shape index (κ3) is 5.19. The SMILES string of the molecule is COc1ccc(N2C(=O)C(=O)/C(=C(/O)c3cc(C(C)(C)C)ccc3OC)C2c2ccc(N(C)C)cc2)cc1Cl. The third-order valence-electron chi connectivity index (χ3n) is 6.90. The average Bonchev–Trinajstić information content (AvgIpc) is 3.17. The van der Waals surface area contributed by atoms with Gasteiger partial charge in [-0.2, -0.15) is 0 Å². The van der Waals surface area contributed by atoms with Crippen molar-refractivity contribution < 1.29 is 24.2 Å². The van der Waals surface area contributed by atoms with Gasteiger partial charge in [0.15, 0.2) is 0 Å². The highest BCUT2D eigenvalue weighted by Gasteiger charge is 2.47. The Morgan fingerprint density at radius 2 is 1.54 bits per heavy atom. The molecule has 8 heteroatoms. The molecule has 0 spiro atoms. The van der Waals surface area contributed by atoms with Gasteiger partial charge in [0.25, 0.3) is 11.7 Å². The van der Waals surface area contributed by atoms with Crippen LogP contribution in [0.1, 0.15) is 43.5 Å². The summed E-state index contributed by atoms with van der Waals surface area (Å²) < 4.78 is 10.8. The molecule has 39 heavy (non-hydrogen) atoms. The van der Waals surface area contributed by atoms with Gasteiger partial charge in [-0.25, -0.2) is 0 Å². The second-order valence-electron chi connectivity index (χ2n) is 10.6. The highest BCUT2D eigenvalue weighted by Crippen LogP contribution is 2.45. The Balaban J connectivity index is 1.99. The lowest BCUT2D eigenvalue weighted by molar-refractivity contribution is -0.132. The second-order valence-corrected chi connectivity index (χ2v) is 11.0. The van der Waals surface area contributed by atoms with E-state index in [2.05, 4.69) is 20.8 Å². The van der Waals surface area contributed by atoms with Crippen LogP contribution in [0.4, 0.5) is 11.4 Å². The maximum absolute atomic E-state index is 13.6. The molecule has 3 aromatic carbocycles. The van der Waals surface area contributed by atoms with Crippen LogP contribution in [0.5, 0.6) is 11.5 Å². The topological polar surface area (TPSA) is 79.3 Å². The number of amides is 1. The van der Waals surface area contributed by atoms with Gasteiger partial charge >= 0.3 is 0 Å². The molecule has 4 rings (SSSR count). The van der Waals surface area contributed by atoms with Crippen LogP contribution in [0.3, 0.4) is 0 Å². The molecular weight excluding hydrogens is 516 g/mol. The minimum atomic E-state index is -0.909. The van der Waals surface area contributed by atoms with Crippen molar-refractivity contribution in [3.63, 3.8) is 0 Å². The minimum Gasteiger partial charge on any atom is -0.507 e. The fourth-order valence-electron chi connectivity index (χ4n) is 4.68. The molecule has 0 aromatic heterocycles. The van der Waals surface area contributed by atoms with E-state index in [1.807, 2.05) is 49.3 Å². The number of nitrogens with zero attached hydrogens (tertiary/aromatic N) is 2. The molecule has 204 valence electrons. The Bertz CT molecular complexity index is 1450. The van der Waals surface area contributed by atoms with Crippen LogP contribution in [-0.4, -0.2) is 45.1 Å². The van der Waals surface area contributed by atoms with Crippen molar-refractivity contribution in [3.8, 4) is 11.5 Å². The van der Waals surface area contributed by atoms with Crippen LogP contribution in [0.15, 0.2) is 66.2 Å². The van der Waals surface area contributed by atoms with Crippen molar-refractivity contribution in [2.24, 2.45) is 0 Å². The Hall–Kier alpha value is -3.97. The number of methoxy groups -OCH3 is 2. The van der Waals surface area contributed by atoms with Gasteiger partial charge in [0.2, 0.25) is 0 Å². The van der Waals surface area contributed by atoms with Crippen molar-refractivity contribution in [3.05, 3.63) is 87.9 Å². The first-order valence-electron chi connectivity index (χ1n) is 12.5. The van der Waals surface area contributed by atoms with Crippen LogP contribution in [0.25, 0.3) is 5.76 Å². The standard InChI is InChI=1S/C31H33ClN2O5/c1-31(2,3)19-10-14-24(38-6)22(16-19)28(35)26-27(18-8-11-20(12-9-18)33(4)5)34(30(37)29(26)36)21-13-15-25(39-7)23(32)17-21/h8-17,27,35H,1-7H3/b28-26+. The molecule has 1 unspecified atom stereocenters. The van der Waals surface area contributed by atoms with Gasteiger partial charge in [0.05, 0.1) is 36.4 Å². The van der Waals surface area contributed by atoms with Crippen LogP contribution >= 0.6 is 11.6 Å². The summed E-state index contributed by atoms with van der Waals surface area (Å²) in [5, 5.41) is 12.0. The summed E-state index contributed by atoms with van der Waals surface area (Å²) in [6, 6.07) is 17.0. The number of Topliss-reactive ketones (excluding diaryl/α,β-unsaturated/α-hetero) is 1. The number of hydrogen-bond donors (Lipinski definition) is 1. The molecular formula is C31H33ClN2O5. The van der Waals surface area contributed by atoms with E-state index in [9.17, 15) is 14.7 Å². The number of aliphatic hydroxyl groups is 1. The van der Waals surface area contributed by atoms with Gasteiger partial charge in [-0.05, 0) is 59.0 Å². The van der Waals surface area contributed by atoms with Crippen LogP contribution in [0, 0.1) is 0 Å². The number of aliphatic hydroxyl groups excluding tert-OH is 1. The number of anilines is 2. The molecule has 1 aliphatic heterocycles. The van der Waals surface area contributed by atoms with E-state index in [4.69, 9.17) is 21.1 Å². The lowest BCUT2D eigenvalue weighted by Gasteiger charge is -2.27. The molecule has 1 atom stereocenters. The number of ketones is 1.